The number of rotatable bonds is 10. The molecule has 180 valence electrons. The third kappa shape index (κ3) is 7.29. The van der Waals surface area contributed by atoms with Crippen molar-refractivity contribution in [1.82, 2.24) is 5.06 Å². The Bertz CT molecular complexity index is 706. The van der Waals surface area contributed by atoms with Gasteiger partial charge in [-0.15, -0.1) is 5.06 Å². The Labute approximate surface area is 187 Å². The number of carbonyl (C=O) groups excluding carboxylic acids is 5. The molecule has 2 saturated heterocycles. The van der Waals surface area contributed by atoms with E-state index >= 15 is 0 Å². The van der Waals surface area contributed by atoms with Crippen LogP contribution >= 0.6 is 0 Å². The van der Waals surface area contributed by atoms with Crippen molar-refractivity contribution < 1.29 is 43.0 Å². The van der Waals surface area contributed by atoms with Crippen molar-refractivity contribution in [2.45, 2.75) is 91.0 Å². The topological polar surface area (TPSA) is 126 Å². The van der Waals surface area contributed by atoms with Crippen LogP contribution in [0.1, 0.15) is 72.6 Å². The Balaban J connectivity index is 1.78. The molecule has 10 nitrogen and oxygen atoms in total. The highest BCUT2D eigenvalue weighted by Crippen LogP contribution is 2.35. The molecule has 2 aliphatic heterocycles. The fourth-order valence-electron chi connectivity index (χ4n) is 4.04. The molecule has 0 aromatic heterocycles. The largest absolute Gasteiger partial charge is 0.463 e. The number of hydrogen-bond donors (Lipinski definition) is 0. The lowest BCUT2D eigenvalue weighted by Gasteiger charge is -2.44. The lowest BCUT2D eigenvalue weighted by Crippen LogP contribution is -2.52. The van der Waals surface area contributed by atoms with Crippen LogP contribution in [0.3, 0.4) is 0 Å². The van der Waals surface area contributed by atoms with Gasteiger partial charge in [0.05, 0.1) is 6.10 Å². The van der Waals surface area contributed by atoms with Gasteiger partial charge in [-0.2, -0.15) is 0 Å². The summed E-state index contributed by atoms with van der Waals surface area (Å²) in [5, 5.41) is 0.560. The van der Waals surface area contributed by atoms with Crippen molar-refractivity contribution in [3.05, 3.63) is 0 Å². The molecule has 0 radical (unpaired) electrons. The van der Waals surface area contributed by atoms with Crippen molar-refractivity contribution in [1.29, 1.82) is 0 Å². The monoisotopic (exact) mass is 455 g/mol. The van der Waals surface area contributed by atoms with Crippen LogP contribution in [0.2, 0.25) is 0 Å². The molecule has 0 aromatic carbocycles. The molecule has 0 N–H and O–H groups in total. The third-order valence-electron chi connectivity index (χ3n) is 5.97. The van der Waals surface area contributed by atoms with E-state index in [1.807, 2.05) is 13.8 Å². The van der Waals surface area contributed by atoms with E-state index in [2.05, 4.69) is 0 Å². The summed E-state index contributed by atoms with van der Waals surface area (Å²) < 4.78 is 16.7. The summed E-state index contributed by atoms with van der Waals surface area (Å²) in [6, 6.07) is 0. The highest BCUT2D eigenvalue weighted by Gasteiger charge is 2.43. The van der Waals surface area contributed by atoms with E-state index in [1.54, 1.807) is 0 Å². The maximum absolute atomic E-state index is 11.9. The van der Waals surface area contributed by atoms with Crippen molar-refractivity contribution in [2.75, 3.05) is 6.61 Å². The summed E-state index contributed by atoms with van der Waals surface area (Å²) in [5.41, 5.74) is 0. The van der Waals surface area contributed by atoms with Crippen molar-refractivity contribution in [3.63, 3.8) is 0 Å². The van der Waals surface area contributed by atoms with Gasteiger partial charge in [-0.05, 0) is 18.8 Å². The van der Waals surface area contributed by atoms with Gasteiger partial charge in [0.25, 0.3) is 11.8 Å². The van der Waals surface area contributed by atoms with E-state index < -0.39 is 41.9 Å². The van der Waals surface area contributed by atoms with Gasteiger partial charge < -0.3 is 19.0 Å². The minimum Gasteiger partial charge on any atom is -0.463 e. The highest BCUT2D eigenvalue weighted by molar-refractivity contribution is 6.01. The lowest BCUT2D eigenvalue weighted by molar-refractivity contribution is -0.206. The summed E-state index contributed by atoms with van der Waals surface area (Å²) in [6.07, 6.45) is 1.91. The van der Waals surface area contributed by atoms with Crippen LogP contribution in [0.4, 0.5) is 0 Å². The van der Waals surface area contributed by atoms with Crippen LogP contribution in [0, 0.1) is 11.8 Å². The molecule has 2 heterocycles. The molecule has 2 rings (SSSR count). The molecule has 5 atom stereocenters. The van der Waals surface area contributed by atoms with Crippen molar-refractivity contribution in [2.24, 2.45) is 11.8 Å². The van der Waals surface area contributed by atoms with E-state index in [1.165, 1.54) is 13.8 Å². The van der Waals surface area contributed by atoms with Gasteiger partial charge in [0.1, 0.15) is 18.8 Å². The normalized spacial score (nSPS) is 27.9. The van der Waals surface area contributed by atoms with Gasteiger partial charge >= 0.3 is 17.9 Å². The molecule has 2 fully saturated rings. The maximum atomic E-state index is 11.9. The summed E-state index contributed by atoms with van der Waals surface area (Å²) in [6.45, 7) is 6.70. The second-order valence-corrected chi connectivity index (χ2v) is 8.45. The minimum atomic E-state index is -0.602. The zero-order chi connectivity index (χ0) is 23.8. The second-order valence-electron chi connectivity index (χ2n) is 8.45. The average molecular weight is 456 g/mol. The first-order valence-electron chi connectivity index (χ1n) is 11.1. The van der Waals surface area contributed by atoms with Crippen LogP contribution < -0.4 is 0 Å². The zero-order valence-corrected chi connectivity index (χ0v) is 19.2. The number of unbranched alkanes of at least 4 members (excludes halogenated alkanes) is 2. The Hall–Kier alpha value is -2.49. The average Bonchev–Trinajstić information content (AvgIpc) is 3.03. The first-order valence-corrected chi connectivity index (χ1v) is 11.1. The van der Waals surface area contributed by atoms with Crippen LogP contribution in [-0.4, -0.2) is 59.7 Å². The second kappa shape index (κ2) is 11.9. The van der Waals surface area contributed by atoms with E-state index in [0.29, 0.717) is 11.5 Å². The van der Waals surface area contributed by atoms with Crippen LogP contribution in [0.15, 0.2) is 0 Å². The Morgan fingerprint density at radius 1 is 0.938 bits per heavy atom. The van der Waals surface area contributed by atoms with E-state index in [-0.39, 0.29) is 43.8 Å². The lowest BCUT2D eigenvalue weighted by atomic mass is 9.79. The summed E-state index contributed by atoms with van der Waals surface area (Å²) in [4.78, 5) is 62.4. The zero-order valence-electron chi connectivity index (χ0n) is 19.2. The quantitative estimate of drug-likeness (QED) is 0.276. The molecule has 2 amide bonds. The predicted octanol–water partition coefficient (Wildman–Crippen LogP) is 2.08. The first-order chi connectivity index (χ1) is 15.1. The molecular formula is C22H33NO9. The number of hydroxylamine groups is 2. The Kier molecular flexibility index (Phi) is 9.61. The Morgan fingerprint density at radius 2 is 1.59 bits per heavy atom. The van der Waals surface area contributed by atoms with Crippen LogP contribution in [-0.2, 0) is 43.0 Å². The molecule has 0 aromatic rings. The van der Waals surface area contributed by atoms with Gasteiger partial charge in [0.15, 0.2) is 0 Å². The number of esters is 2. The molecule has 0 aliphatic carbocycles. The number of imide groups is 1. The van der Waals surface area contributed by atoms with E-state index in [0.717, 1.165) is 19.3 Å². The Morgan fingerprint density at radius 3 is 2.19 bits per heavy atom. The van der Waals surface area contributed by atoms with Gasteiger partial charge in [-0.1, -0.05) is 26.7 Å². The van der Waals surface area contributed by atoms with Gasteiger partial charge in [0, 0.05) is 39.0 Å². The fourth-order valence-corrected chi connectivity index (χ4v) is 4.04. The van der Waals surface area contributed by atoms with Crippen molar-refractivity contribution in [3.8, 4) is 0 Å². The number of hydrogen-bond acceptors (Lipinski definition) is 9. The predicted molar refractivity (Wildman–Crippen MR) is 109 cm³/mol. The number of ether oxygens (including phenoxy) is 3. The first kappa shape index (κ1) is 25.8. The highest BCUT2D eigenvalue weighted by atomic mass is 16.7. The van der Waals surface area contributed by atoms with Gasteiger partial charge in [-0.3, -0.25) is 19.2 Å². The minimum absolute atomic E-state index is 0.0145. The molecule has 2 unspecified atom stereocenters. The van der Waals surface area contributed by atoms with E-state index in [9.17, 15) is 24.0 Å². The molecule has 10 heteroatoms. The number of carbonyl (C=O) groups is 5. The number of nitrogens with zero attached hydrogens (tertiary/aromatic N) is 1. The molecule has 0 spiro atoms. The third-order valence-corrected chi connectivity index (χ3v) is 5.97. The molecule has 0 bridgehead atoms. The van der Waals surface area contributed by atoms with Crippen LogP contribution in [0.5, 0.6) is 0 Å². The summed E-state index contributed by atoms with van der Waals surface area (Å²) >= 11 is 0. The fraction of sp³-hybridized carbons (Fsp3) is 0.773. The summed E-state index contributed by atoms with van der Waals surface area (Å²) in [7, 11) is 0. The standard InChI is InChI=1S/C22H33NO9/c1-13-14(2)22(30-16(4)25)18(12-29-15(3)24)31-17(13)8-6-5-7-9-21(28)32-23-19(26)10-11-20(23)27/h13-14,17-18,22H,5-12H2,1-4H3/t13?,14-,17+,18?,22-/m1/s1. The van der Waals surface area contributed by atoms with Crippen LogP contribution in [0.25, 0.3) is 0 Å². The van der Waals surface area contributed by atoms with Crippen molar-refractivity contribution >= 4 is 29.7 Å². The molecule has 32 heavy (non-hydrogen) atoms. The van der Waals surface area contributed by atoms with E-state index in [4.69, 9.17) is 19.0 Å². The summed E-state index contributed by atoms with van der Waals surface area (Å²) in [5.74, 6) is -2.29. The molecule has 2 aliphatic rings. The number of amides is 2. The SMILES string of the molecule is CC(=O)OCC1O[C@@H](CCCCCC(=O)ON2C(=O)CCC2=O)C(C)[C@@H](C)[C@H]1OC(C)=O. The smallest absolute Gasteiger partial charge is 0.333 e. The van der Waals surface area contributed by atoms with Gasteiger partial charge in [0.2, 0.25) is 0 Å². The molecule has 0 saturated carbocycles. The van der Waals surface area contributed by atoms with Gasteiger partial charge in [-0.25, -0.2) is 4.79 Å². The maximum Gasteiger partial charge on any atom is 0.333 e. The molecular weight excluding hydrogens is 422 g/mol.